The van der Waals surface area contributed by atoms with E-state index in [1.165, 1.54) is 0 Å². The monoisotopic (exact) mass is 358 g/mol. The smallest absolute Gasteiger partial charge is 0.203 e. The quantitative estimate of drug-likeness (QED) is 0.556. The summed E-state index contributed by atoms with van der Waals surface area (Å²) in [5.41, 5.74) is 2.58. The molecule has 1 aliphatic carbocycles. The highest BCUT2D eigenvalue weighted by atomic mass is 16.1. The maximum Gasteiger partial charge on any atom is 0.203 e. The van der Waals surface area contributed by atoms with Gasteiger partial charge in [-0.25, -0.2) is 0 Å². The molecule has 0 bridgehead atoms. The van der Waals surface area contributed by atoms with E-state index in [1.807, 2.05) is 60.7 Å². The first-order chi connectivity index (χ1) is 13.7. The molecule has 0 aliphatic heterocycles. The molecule has 0 heterocycles. The van der Waals surface area contributed by atoms with Crippen LogP contribution in [-0.4, -0.2) is 11.6 Å². The van der Waals surface area contributed by atoms with Crippen LogP contribution in [0.25, 0.3) is 0 Å². The highest BCUT2D eigenvalue weighted by Crippen LogP contribution is 2.26. The van der Waals surface area contributed by atoms with Crippen LogP contribution in [0.5, 0.6) is 0 Å². The van der Waals surface area contributed by atoms with Gasteiger partial charge < -0.3 is 0 Å². The molecule has 0 spiro atoms. The van der Waals surface area contributed by atoms with Crippen molar-refractivity contribution in [2.45, 2.75) is 0 Å². The Balaban J connectivity index is 1.87. The Labute approximate surface area is 163 Å². The topological polar surface area (TPSA) is 34.1 Å². The van der Waals surface area contributed by atoms with Crippen LogP contribution in [0.1, 0.15) is 31.8 Å². The van der Waals surface area contributed by atoms with Crippen molar-refractivity contribution in [3.05, 3.63) is 118 Å². The summed E-state index contributed by atoms with van der Waals surface area (Å²) in [6.45, 7) is 0. The molecule has 0 unspecified atom stereocenters. The Morgan fingerprint density at radius 2 is 0.786 bits per heavy atom. The molecule has 0 atom stereocenters. The lowest BCUT2D eigenvalue weighted by Crippen LogP contribution is -2.21. The normalized spacial score (nSPS) is 12.4. The minimum atomic E-state index is -0.268. The fourth-order valence-electron chi connectivity index (χ4n) is 2.93. The van der Waals surface area contributed by atoms with Gasteiger partial charge in [-0.15, -0.1) is 0 Å². The third-order valence-corrected chi connectivity index (χ3v) is 4.33. The van der Waals surface area contributed by atoms with Gasteiger partial charge in [0.15, 0.2) is 0 Å². The van der Waals surface area contributed by atoms with Crippen molar-refractivity contribution in [2.24, 2.45) is 0 Å². The molecular formula is C26H14O2. The molecule has 28 heavy (non-hydrogen) atoms. The standard InChI is InChI=1S/C26H14O2/c27-25-21-13-7-8-14-22(21)26(28)24(18-16-20-11-5-2-6-12-20)23(25)17-15-19-9-3-1-4-10-19/h1-14H. The molecule has 3 aromatic rings. The van der Waals surface area contributed by atoms with Crippen molar-refractivity contribution in [2.75, 3.05) is 0 Å². The molecule has 0 fully saturated rings. The van der Waals surface area contributed by atoms with Crippen LogP contribution in [0.2, 0.25) is 0 Å². The Kier molecular flexibility index (Phi) is 4.70. The lowest BCUT2D eigenvalue weighted by atomic mass is 9.84. The van der Waals surface area contributed by atoms with Gasteiger partial charge in [0, 0.05) is 22.3 Å². The van der Waals surface area contributed by atoms with Crippen LogP contribution in [0.15, 0.2) is 96.1 Å². The zero-order valence-corrected chi connectivity index (χ0v) is 14.9. The number of rotatable bonds is 0. The third kappa shape index (κ3) is 3.40. The van der Waals surface area contributed by atoms with E-state index in [-0.39, 0.29) is 22.7 Å². The van der Waals surface area contributed by atoms with Crippen molar-refractivity contribution in [1.29, 1.82) is 0 Å². The van der Waals surface area contributed by atoms with Crippen molar-refractivity contribution < 1.29 is 9.59 Å². The molecule has 0 aromatic heterocycles. The average molecular weight is 358 g/mol. The van der Waals surface area contributed by atoms with E-state index in [9.17, 15) is 9.59 Å². The molecule has 3 aromatic carbocycles. The number of carbonyl (C=O) groups excluding carboxylic acids is 2. The summed E-state index contributed by atoms with van der Waals surface area (Å²) in [6.07, 6.45) is 0. The largest absolute Gasteiger partial charge is 0.288 e. The van der Waals surface area contributed by atoms with Gasteiger partial charge >= 0.3 is 0 Å². The summed E-state index contributed by atoms with van der Waals surface area (Å²) < 4.78 is 0. The van der Waals surface area contributed by atoms with E-state index in [1.54, 1.807) is 24.3 Å². The average Bonchev–Trinajstić information content (AvgIpc) is 2.76. The summed E-state index contributed by atoms with van der Waals surface area (Å²) in [5.74, 6) is 11.2. The van der Waals surface area contributed by atoms with Gasteiger partial charge in [-0.3, -0.25) is 9.59 Å². The zero-order valence-electron chi connectivity index (χ0n) is 14.9. The van der Waals surface area contributed by atoms with Crippen molar-refractivity contribution in [3.8, 4) is 23.7 Å². The lowest BCUT2D eigenvalue weighted by molar-refractivity contribution is 0.0982. The first-order valence-electron chi connectivity index (χ1n) is 8.81. The molecule has 0 N–H and O–H groups in total. The van der Waals surface area contributed by atoms with Crippen LogP contribution in [0, 0.1) is 23.7 Å². The fourth-order valence-corrected chi connectivity index (χ4v) is 2.93. The summed E-state index contributed by atoms with van der Waals surface area (Å²) >= 11 is 0. The maximum atomic E-state index is 13.0. The predicted molar refractivity (Wildman–Crippen MR) is 109 cm³/mol. The van der Waals surface area contributed by atoms with Crippen LogP contribution < -0.4 is 0 Å². The number of ketones is 2. The van der Waals surface area contributed by atoms with Crippen LogP contribution in [-0.2, 0) is 0 Å². The molecule has 0 saturated heterocycles. The molecule has 4 rings (SSSR count). The summed E-state index contributed by atoms with van der Waals surface area (Å²) in [4.78, 5) is 26.0. The van der Waals surface area contributed by atoms with E-state index in [0.29, 0.717) is 11.1 Å². The highest BCUT2D eigenvalue weighted by molar-refractivity contribution is 6.30. The second-order valence-corrected chi connectivity index (χ2v) is 6.19. The number of hydrogen-bond donors (Lipinski definition) is 0. The number of hydrogen-bond acceptors (Lipinski definition) is 2. The SMILES string of the molecule is O=C1C(C#Cc2ccccc2)=C(C#Cc2ccccc2)C(=O)c2ccccc21. The molecule has 0 saturated carbocycles. The van der Waals surface area contributed by atoms with E-state index >= 15 is 0 Å². The van der Waals surface area contributed by atoms with E-state index in [0.717, 1.165) is 11.1 Å². The number of allylic oxidation sites excluding steroid dienone is 2. The van der Waals surface area contributed by atoms with Crippen molar-refractivity contribution >= 4 is 11.6 Å². The van der Waals surface area contributed by atoms with Gasteiger partial charge in [-0.2, -0.15) is 0 Å². The minimum absolute atomic E-state index is 0.149. The molecule has 130 valence electrons. The number of Topliss-reactive ketones (excluding diaryl/α,β-unsaturated/α-hetero) is 2. The number of benzene rings is 3. The lowest BCUT2D eigenvalue weighted by Gasteiger charge is -2.14. The van der Waals surface area contributed by atoms with Gasteiger partial charge in [0.2, 0.25) is 11.6 Å². The van der Waals surface area contributed by atoms with E-state index < -0.39 is 0 Å². The predicted octanol–water partition coefficient (Wildman–Crippen LogP) is 4.47. The van der Waals surface area contributed by atoms with Gasteiger partial charge in [-0.1, -0.05) is 84.3 Å². The third-order valence-electron chi connectivity index (χ3n) is 4.33. The Morgan fingerprint density at radius 1 is 0.429 bits per heavy atom. The Hall–Kier alpha value is -4.14. The highest BCUT2D eigenvalue weighted by Gasteiger charge is 2.30. The van der Waals surface area contributed by atoms with Crippen molar-refractivity contribution in [1.82, 2.24) is 0 Å². The zero-order chi connectivity index (χ0) is 19.3. The van der Waals surface area contributed by atoms with Crippen LogP contribution in [0.3, 0.4) is 0 Å². The second-order valence-electron chi connectivity index (χ2n) is 6.19. The first-order valence-corrected chi connectivity index (χ1v) is 8.81. The maximum absolute atomic E-state index is 13.0. The number of carbonyl (C=O) groups is 2. The van der Waals surface area contributed by atoms with Crippen LogP contribution >= 0.6 is 0 Å². The number of fused-ring (bicyclic) bond motifs is 1. The molecular weight excluding hydrogens is 344 g/mol. The summed E-state index contributed by atoms with van der Waals surface area (Å²) in [7, 11) is 0. The molecule has 0 radical (unpaired) electrons. The van der Waals surface area contributed by atoms with Crippen LogP contribution in [0.4, 0.5) is 0 Å². The summed E-state index contributed by atoms with van der Waals surface area (Å²) in [5, 5.41) is 0. The van der Waals surface area contributed by atoms with Gasteiger partial charge in [-0.05, 0) is 24.3 Å². The minimum Gasteiger partial charge on any atom is -0.288 e. The van der Waals surface area contributed by atoms with Gasteiger partial charge in [0.05, 0.1) is 11.1 Å². The van der Waals surface area contributed by atoms with Gasteiger partial charge in [0.25, 0.3) is 0 Å². The second kappa shape index (κ2) is 7.62. The molecule has 2 heteroatoms. The first kappa shape index (κ1) is 17.3. The van der Waals surface area contributed by atoms with E-state index in [4.69, 9.17) is 0 Å². The van der Waals surface area contributed by atoms with Gasteiger partial charge in [0.1, 0.15) is 0 Å². The molecule has 2 nitrogen and oxygen atoms in total. The fraction of sp³-hybridized carbons (Fsp3) is 0. The Morgan fingerprint density at radius 3 is 1.18 bits per heavy atom. The molecule has 1 aliphatic rings. The summed E-state index contributed by atoms with van der Waals surface area (Å²) in [6, 6.07) is 25.5. The Bertz CT molecular complexity index is 1130. The molecule has 0 amide bonds. The van der Waals surface area contributed by atoms with Crippen molar-refractivity contribution in [3.63, 3.8) is 0 Å². The van der Waals surface area contributed by atoms with E-state index in [2.05, 4.69) is 23.7 Å².